The van der Waals surface area contributed by atoms with Crippen molar-refractivity contribution >= 4 is 33.2 Å². The summed E-state index contributed by atoms with van der Waals surface area (Å²) in [6.07, 6.45) is 0. The predicted molar refractivity (Wildman–Crippen MR) is 72.8 cm³/mol. The first-order chi connectivity index (χ1) is 9.38. The molecule has 0 spiro atoms. The Hall–Kier alpha value is -2.02. The zero-order valence-electron chi connectivity index (χ0n) is 9.88. The average Bonchev–Trinajstić information content (AvgIpc) is 2.38. The van der Waals surface area contributed by atoms with E-state index in [1.165, 1.54) is 6.07 Å². The molecule has 0 unspecified atom stereocenters. The van der Waals surface area contributed by atoms with Crippen LogP contribution in [0.3, 0.4) is 0 Å². The van der Waals surface area contributed by atoms with Crippen LogP contribution in [-0.2, 0) is 0 Å². The number of nitrogens with two attached hydrogens (primary N) is 1. The van der Waals surface area contributed by atoms with Crippen LogP contribution in [0.2, 0.25) is 0 Å². The lowest BCUT2D eigenvalue weighted by molar-refractivity contribution is 0.102. The van der Waals surface area contributed by atoms with Crippen LogP contribution in [0.25, 0.3) is 0 Å². The third-order valence-corrected chi connectivity index (χ3v) is 3.18. The number of hydrogen-bond acceptors (Lipinski definition) is 2. The van der Waals surface area contributed by atoms with E-state index in [1.807, 2.05) is 0 Å². The molecule has 3 nitrogen and oxygen atoms in total. The maximum absolute atomic E-state index is 13.4. The lowest BCUT2D eigenvalue weighted by Gasteiger charge is -2.09. The van der Waals surface area contributed by atoms with Gasteiger partial charge in [0.25, 0.3) is 5.91 Å². The number of hydrogen-bond donors (Lipinski definition) is 2. The van der Waals surface area contributed by atoms with Crippen LogP contribution in [0, 0.1) is 17.5 Å². The molecule has 0 aliphatic carbocycles. The zero-order valence-corrected chi connectivity index (χ0v) is 11.5. The maximum atomic E-state index is 13.4. The van der Waals surface area contributed by atoms with E-state index < -0.39 is 29.0 Å². The smallest absolute Gasteiger partial charge is 0.256 e. The van der Waals surface area contributed by atoms with Crippen molar-refractivity contribution in [2.24, 2.45) is 0 Å². The van der Waals surface area contributed by atoms with Gasteiger partial charge in [0, 0.05) is 22.3 Å². The molecule has 2 aromatic carbocycles. The first-order valence-corrected chi connectivity index (χ1v) is 6.18. The molecule has 7 heteroatoms. The Bertz CT molecular complexity index is 692. The highest BCUT2D eigenvalue weighted by atomic mass is 79.9. The summed E-state index contributed by atoms with van der Waals surface area (Å²) in [5.41, 5.74) is 5.58. The summed E-state index contributed by atoms with van der Waals surface area (Å²) in [6.45, 7) is 0. The van der Waals surface area contributed by atoms with Crippen molar-refractivity contribution in [3.8, 4) is 0 Å². The summed E-state index contributed by atoms with van der Waals surface area (Å²) < 4.78 is 39.7. The molecule has 20 heavy (non-hydrogen) atoms. The van der Waals surface area contributed by atoms with Gasteiger partial charge in [-0.1, -0.05) is 0 Å². The molecule has 0 aliphatic rings. The van der Waals surface area contributed by atoms with Crippen molar-refractivity contribution in [2.75, 3.05) is 11.1 Å². The molecule has 0 aliphatic heterocycles. The Morgan fingerprint density at radius 1 is 1.05 bits per heavy atom. The number of anilines is 2. The normalized spacial score (nSPS) is 10.4. The number of halogens is 4. The Labute approximate surface area is 120 Å². The highest BCUT2D eigenvalue weighted by Gasteiger charge is 2.15. The number of nitrogen functional groups attached to an aromatic ring is 1. The number of benzene rings is 2. The molecule has 1 amide bonds. The molecule has 104 valence electrons. The molecule has 0 heterocycles. The topological polar surface area (TPSA) is 55.1 Å². The van der Waals surface area contributed by atoms with Crippen molar-refractivity contribution in [3.63, 3.8) is 0 Å². The van der Waals surface area contributed by atoms with Crippen molar-refractivity contribution in [3.05, 3.63) is 57.8 Å². The van der Waals surface area contributed by atoms with Gasteiger partial charge >= 0.3 is 0 Å². The third kappa shape index (κ3) is 2.93. The van der Waals surface area contributed by atoms with E-state index in [-0.39, 0.29) is 5.56 Å². The fraction of sp³-hybridized carbons (Fsp3) is 0. The largest absolute Gasteiger partial charge is 0.399 e. The van der Waals surface area contributed by atoms with Crippen LogP contribution in [0.4, 0.5) is 24.5 Å². The minimum absolute atomic E-state index is 0.147. The van der Waals surface area contributed by atoms with Crippen LogP contribution in [0.1, 0.15) is 10.4 Å². The van der Waals surface area contributed by atoms with Gasteiger partial charge < -0.3 is 11.1 Å². The lowest BCUT2D eigenvalue weighted by Crippen LogP contribution is -2.14. The summed E-state index contributed by atoms with van der Waals surface area (Å²) in [5, 5.41) is 2.16. The summed E-state index contributed by atoms with van der Waals surface area (Å²) >= 11 is 3.14. The summed E-state index contributed by atoms with van der Waals surface area (Å²) in [4.78, 5) is 12.0. The third-order valence-electron chi connectivity index (χ3n) is 2.49. The molecule has 0 bridgehead atoms. The van der Waals surface area contributed by atoms with Gasteiger partial charge in [-0.3, -0.25) is 4.79 Å². The molecule has 0 atom stereocenters. The second-order valence-electron chi connectivity index (χ2n) is 3.94. The van der Waals surface area contributed by atoms with E-state index in [4.69, 9.17) is 5.73 Å². The fourth-order valence-electron chi connectivity index (χ4n) is 1.52. The van der Waals surface area contributed by atoms with Gasteiger partial charge in [-0.05, 0) is 34.1 Å². The van der Waals surface area contributed by atoms with Crippen molar-refractivity contribution in [1.82, 2.24) is 0 Å². The minimum atomic E-state index is -1.33. The minimum Gasteiger partial charge on any atom is -0.399 e. The molecule has 0 radical (unpaired) electrons. The van der Waals surface area contributed by atoms with Crippen molar-refractivity contribution in [2.45, 2.75) is 0 Å². The number of nitrogens with one attached hydrogen (secondary N) is 1. The second-order valence-corrected chi connectivity index (χ2v) is 4.79. The molecule has 0 saturated heterocycles. The molecular weight excluding hydrogens is 337 g/mol. The van der Waals surface area contributed by atoms with Crippen LogP contribution >= 0.6 is 15.9 Å². The van der Waals surface area contributed by atoms with Gasteiger partial charge in [0.05, 0.1) is 11.3 Å². The molecule has 0 aromatic heterocycles. The average molecular weight is 345 g/mol. The standard InChI is InChI=1S/C13H8BrF3N2O/c14-8-2-1-6(18)3-7(8)13(20)19-12-5-10(16)9(15)4-11(12)17/h1-5H,18H2,(H,19,20). The Morgan fingerprint density at radius 3 is 2.40 bits per heavy atom. The maximum Gasteiger partial charge on any atom is 0.256 e. The molecular formula is C13H8BrF3N2O. The molecule has 2 aromatic rings. The number of amides is 1. The Balaban J connectivity index is 2.32. The quantitative estimate of drug-likeness (QED) is 0.644. The zero-order chi connectivity index (χ0) is 14.9. The van der Waals surface area contributed by atoms with Gasteiger partial charge in [0.15, 0.2) is 11.6 Å². The highest BCUT2D eigenvalue weighted by molar-refractivity contribution is 9.10. The van der Waals surface area contributed by atoms with Crippen molar-refractivity contribution < 1.29 is 18.0 Å². The second kappa shape index (κ2) is 5.54. The lowest BCUT2D eigenvalue weighted by atomic mass is 10.2. The van der Waals surface area contributed by atoms with Crippen molar-refractivity contribution in [1.29, 1.82) is 0 Å². The van der Waals surface area contributed by atoms with Gasteiger partial charge in [0.2, 0.25) is 0 Å². The van der Waals surface area contributed by atoms with Gasteiger partial charge in [0.1, 0.15) is 5.82 Å². The summed E-state index contributed by atoms with van der Waals surface area (Å²) in [5.74, 6) is -4.36. The summed E-state index contributed by atoms with van der Waals surface area (Å²) in [7, 11) is 0. The molecule has 0 saturated carbocycles. The van der Waals surface area contributed by atoms with Crippen LogP contribution in [-0.4, -0.2) is 5.91 Å². The number of carbonyl (C=O) groups excluding carboxylic acids is 1. The van der Waals surface area contributed by atoms with E-state index in [9.17, 15) is 18.0 Å². The summed E-state index contributed by atoms with van der Waals surface area (Å²) in [6, 6.07) is 5.42. The van der Waals surface area contributed by atoms with E-state index in [0.717, 1.165) is 0 Å². The van der Waals surface area contributed by atoms with Crippen LogP contribution < -0.4 is 11.1 Å². The monoisotopic (exact) mass is 344 g/mol. The molecule has 2 rings (SSSR count). The first-order valence-electron chi connectivity index (χ1n) is 5.39. The van der Waals surface area contributed by atoms with E-state index in [0.29, 0.717) is 22.3 Å². The predicted octanol–water partition coefficient (Wildman–Crippen LogP) is 3.70. The SMILES string of the molecule is Nc1ccc(Br)c(C(=O)Nc2cc(F)c(F)cc2F)c1. The van der Waals surface area contributed by atoms with Crippen LogP contribution in [0.15, 0.2) is 34.8 Å². The van der Waals surface area contributed by atoms with Crippen LogP contribution in [0.5, 0.6) is 0 Å². The highest BCUT2D eigenvalue weighted by Crippen LogP contribution is 2.23. The van der Waals surface area contributed by atoms with E-state index in [1.54, 1.807) is 12.1 Å². The van der Waals surface area contributed by atoms with E-state index in [2.05, 4.69) is 21.2 Å². The van der Waals surface area contributed by atoms with Gasteiger partial charge in [-0.25, -0.2) is 13.2 Å². The van der Waals surface area contributed by atoms with Gasteiger partial charge in [-0.2, -0.15) is 0 Å². The van der Waals surface area contributed by atoms with Gasteiger partial charge in [-0.15, -0.1) is 0 Å². The Kier molecular flexibility index (Phi) is 3.99. The number of rotatable bonds is 2. The first kappa shape index (κ1) is 14.4. The molecule has 0 fully saturated rings. The molecule has 3 N–H and O–H groups in total. The fourth-order valence-corrected chi connectivity index (χ4v) is 1.95. The number of carbonyl (C=O) groups is 1. The Morgan fingerprint density at radius 2 is 1.70 bits per heavy atom. The van der Waals surface area contributed by atoms with E-state index >= 15 is 0 Å².